The normalized spacial score (nSPS) is 18.2. The Morgan fingerprint density at radius 1 is 0.423 bits per heavy atom. The van der Waals surface area contributed by atoms with Crippen LogP contribution in [0.4, 0.5) is 51.2 Å². The molecule has 0 amide bonds. The Morgan fingerprint density at radius 3 is 1.51 bits per heavy atom. The van der Waals surface area contributed by atoms with Gasteiger partial charge in [-0.25, -0.2) is 0 Å². The van der Waals surface area contributed by atoms with Gasteiger partial charge in [-0.05, 0) is 223 Å². The van der Waals surface area contributed by atoms with Gasteiger partial charge in [0.05, 0.1) is 0 Å². The van der Waals surface area contributed by atoms with E-state index in [0.29, 0.717) is 0 Å². The summed E-state index contributed by atoms with van der Waals surface area (Å²) in [5.41, 5.74) is 31.9. The average molecular weight is 1020 g/mol. The van der Waals surface area contributed by atoms with Crippen LogP contribution in [0.1, 0.15) is 171 Å². The Balaban J connectivity index is 1.12. The van der Waals surface area contributed by atoms with Crippen molar-refractivity contribution in [2.75, 3.05) is 14.7 Å². The first-order valence-electron chi connectivity index (χ1n) is 29.2. The van der Waals surface area contributed by atoms with Crippen LogP contribution in [0.25, 0.3) is 11.1 Å². The van der Waals surface area contributed by atoms with E-state index in [4.69, 9.17) is 0 Å². The largest absolute Gasteiger partial charge is 0.311 e. The lowest BCUT2D eigenvalue weighted by atomic mass is 9.33. The quantitative estimate of drug-likeness (QED) is 0.159. The van der Waals surface area contributed by atoms with Crippen molar-refractivity contribution in [2.45, 2.75) is 169 Å². The van der Waals surface area contributed by atoms with Gasteiger partial charge in [0, 0.05) is 56.6 Å². The molecule has 2 heterocycles. The van der Waals surface area contributed by atoms with Crippen molar-refractivity contribution in [3.05, 3.63) is 201 Å². The molecular weight excluding hydrogens is 942 g/mol. The lowest BCUT2D eigenvalue weighted by Gasteiger charge is -2.48. The highest BCUT2D eigenvalue weighted by molar-refractivity contribution is 7.00. The second-order valence-corrected chi connectivity index (χ2v) is 28.6. The monoisotopic (exact) mass is 1020 g/mol. The van der Waals surface area contributed by atoms with Crippen LogP contribution in [0, 0.1) is 20.8 Å². The first-order valence-corrected chi connectivity index (χ1v) is 29.2. The standard InChI is InChI=1S/C74H80BN3/c1-45-37-66-68-67(38-45)78(50-27-31-55-57(41-50)71(9,10)34-33-70(55,7)8)65-44-59-58(72(11,12)35-36-73(59,13)14)43-61(65)75(68)60-32-28-51(76(62-23-19-17-21-46(62)2)63-24-20-18-22-47(63)3)42-64(60)77(66)49-26-30-54-53(40-49)52-29-25-48(69(4,5)6)39-56(52)74(54,15)16/h17-32,37-44H,33-36H2,1-16H3. The highest BCUT2D eigenvalue weighted by Gasteiger charge is 2.48. The average Bonchev–Trinajstić information content (AvgIpc) is 3.00. The Labute approximate surface area is 467 Å². The van der Waals surface area contributed by atoms with Gasteiger partial charge in [0.1, 0.15) is 0 Å². The van der Waals surface area contributed by atoms with Crippen LogP contribution in [0.5, 0.6) is 0 Å². The Hall–Kier alpha value is -6.78. The number of fused-ring (bicyclic) bond motifs is 9. The number of hydrogen-bond donors (Lipinski definition) is 0. The number of para-hydroxylation sites is 2. The number of anilines is 9. The predicted octanol–water partition coefficient (Wildman–Crippen LogP) is 18.5. The van der Waals surface area contributed by atoms with Crippen molar-refractivity contribution in [3.63, 3.8) is 0 Å². The highest BCUT2D eigenvalue weighted by Crippen LogP contribution is 2.56. The molecule has 13 rings (SSSR count). The molecule has 8 aromatic rings. The molecular formula is C74H80BN3. The fourth-order valence-electron chi connectivity index (χ4n) is 15.0. The van der Waals surface area contributed by atoms with Crippen LogP contribution in [0.3, 0.4) is 0 Å². The summed E-state index contributed by atoms with van der Waals surface area (Å²) >= 11 is 0. The summed E-state index contributed by atoms with van der Waals surface area (Å²) in [7, 11) is 0. The summed E-state index contributed by atoms with van der Waals surface area (Å²) in [6.45, 7) is 38.5. The molecule has 0 spiro atoms. The molecule has 0 bridgehead atoms. The van der Waals surface area contributed by atoms with Gasteiger partial charge in [-0.15, -0.1) is 0 Å². The smallest absolute Gasteiger partial charge is 0.252 e. The van der Waals surface area contributed by atoms with Gasteiger partial charge in [-0.3, -0.25) is 0 Å². The van der Waals surface area contributed by atoms with Crippen LogP contribution in [0.15, 0.2) is 146 Å². The topological polar surface area (TPSA) is 9.72 Å². The summed E-state index contributed by atoms with van der Waals surface area (Å²) in [6, 6.07) is 57.9. The molecule has 3 aliphatic carbocycles. The van der Waals surface area contributed by atoms with Gasteiger partial charge >= 0.3 is 0 Å². The molecule has 5 aliphatic rings. The zero-order chi connectivity index (χ0) is 55.0. The number of benzene rings is 8. The molecule has 2 aliphatic heterocycles. The van der Waals surface area contributed by atoms with Crippen molar-refractivity contribution < 1.29 is 0 Å². The first kappa shape index (κ1) is 50.7. The molecule has 0 fully saturated rings. The van der Waals surface area contributed by atoms with Gasteiger partial charge in [0.15, 0.2) is 0 Å². The molecule has 0 unspecified atom stereocenters. The summed E-state index contributed by atoms with van der Waals surface area (Å²) in [5, 5.41) is 0. The van der Waals surface area contributed by atoms with Crippen molar-refractivity contribution in [1.82, 2.24) is 0 Å². The molecule has 8 aromatic carbocycles. The number of nitrogens with zero attached hydrogens (tertiary/aromatic N) is 3. The SMILES string of the molecule is Cc1cc2c3c(c1)N(c1ccc4c(c1)C(C)(C)CCC4(C)C)c1cc4c(cc1B3c1ccc(N(c3ccccc3C)c3ccccc3C)cc1N2c1ccc2c(c1)-c1ccc(C(C)(C)C)cc1C2(C)C)C(C)(C)CCC4(C)C. The van der Waals surface area contributed by atoms with E-state index in [-0.39, 0.29) is 39.2 Å². The second-order valence-electron chi connectivity index (χ2n) is 28.6. The Kier molecular flexibility index (Phi) is 11.0. The van der Waals surface area contributed by atoms with E-state index in [0.717, 1.165) is 18.5 Å². The molecule has 0 saturated heterocycles. The Bertz CT molecular complexity index is 3790. The molecule has 0 saturated carbocycles. The highest BCUT2D eigenvalue weighted by atomic mass is 15.2. The molecule has 0 atom stereocenters. The fraction of sp³-hybridized carbons (Fsp3) is 0.351. The van der Waals surface area contributed by atoms with Crippen LogP contribution < -0.4 is 31.1 Å². The zero-order valence-electron chi connectivity index (χ0n) is 49.6. The maximum Gasteiger partial charge on any atom is 0.252 e. The van der Waals surface area contributed by atoms with Crippen molar-refractivity contribution in [2.24, 2.45) is 0 Å². The van der Waals surface area contributed by atoms with E-state index in [1.165, 1.54) is 141 Å². The summed E-state index contributed by atoms with van der Waals surface area (Å²) in [6.07, 6.45) is 4.69. The first-order chi connectivity index (χ1) is 36.8. The van der Waals surface area contributed by atoms with E-state index in [9.17, 15) is 0 Å². The molecule has 3 nitrogen and oxygen atoms in total. The van der Waals surface area contributed by atoms with Crippen molar-refractivity contribution in [3.8, 4) is 11.1 Å². The van der Waals surface area contributed by atoms with Gasteiger partial charge < -0.3 is 14.7 Å². The van der Waals surface area contributed by atoms with Crippen LogP contribution >= 0.6 is 0 Å². The molecule has 78 heavy (non-hydrogen) atoms. The summed E-state index contributed by atoms with van der Waals surface area (Å²) < 4.78 is 0. The van der Waals surface area contributed by atoms with E-state index in [1.54, 1.807) is 0 Å². The van der Waals surface area contributed by atoms with E-state index < -0.39 is 0 Å². The number of aryl methyl sites for hydroxylation is 3. The number of rotatable bonds is 5. The van der Waals surface area contributed by atoms with E-state index in [2.05, 4.69) is 271 Å². The third-order valence-corrected chi connectivity index (χ3v) is 20.0. The minimum atomic E-state index is -0.142. The van der Waals surface area contributed by atoms with Gasteiger partial charge in [0.25, 0.3) is 6.71 Å². The van der Waals surface area contributed by atoms with Crippen molar-refractivity contribution >= 4 is 74.3 Å². The fourth-order valence-corrected chi connectivity index (χ4v) is 15.0. The third-order valence-electron chi connectivity index (χ3n) is 20.0. The second kappa shape index (κ2) is 16.9. The maximum absolute atomic E-state index is 2.71. The lowest BCUT2D eigenvalue weighted by Crippen LogP contribution is -2.62. The minimum absolute atomic E-state index is 0.0171. The van der Waals surface area contributed by atoms with Gasteiger partial charge in [0.2, 0.25) is 0 Å². The minimum Gasteiger partial charge on any atom is -0.311 e. The van der Waals surface area contributed by atoms with Gasteiger partial charge in [-0.1, -0.05) is 169 Å². The maximum atomic E-state index is 2.71. The Morgan fingerprint density at radius 2 is 0.936 bits per heavy atom. The van der Waals surface area contributed by atoms with Crippen LogP contribution in [0.2, 0.25) is 0 Å². The van der Waals surface area contributed by atoms with Gasteiger partial charge in [-0.2, -0.15) is 0 Å². The summed E-state index contributed by atoms with van der Waals surface area (Å²) in [5.74, 6) is 0. The number of hydrogen-bond acceptors (Lipinski definition) is 3. The van der Waals surface area contributed by atoms with Crippen LogP contribution in [-0.2, 0) is 32.5 Å². The van der Waals surface area contributed by atoms with Crippen LogP contribution in [-0.4, -0.2) is 6.71 Å². The lowest BCUT2D eigenvalue weighted by molar-refractivity contribution is 0.332. The zero-order valence-corrected chi connectivity index (χ0v) is 49.6. The van der Waals surface area contributed by atoms with Crippen molar-refractivity contribution in [1.29, 1.82) is 0 Å². The molecule has 0 radical (unpaired) electrons. The molecule has 0 N–H and O–H groups in total. The molecule has 394 valence electrons. The van der Waals surface area contributed by atoms with E-state index in [1.807, 2.05) is 0 Å². The predicted molar refractivity (Wildman–Crippen MR) is 336 cm³/mol. The summed E-state index contributed by atoms with van der Waals surface area (Å²) in [4.78, 5) is 7.87. The molecule has 0 aromatic heterocycles. The third kappa shape index (κ3) is 7.50. The van der Waals surface area contributed by atoms with E-state index >= 15 is 0 Å². The molecule has 4 heteroatoms.